The first kappa shape index (κ1) is 28.1. The molecule has 0 spiro atoms. The first-order valence-corrected chi connectivity index (χ1v) is 12.3. The molecule has 186 valence electrons. The van der Waals surface area contributed by atoms with Gasteiger partial charge < -0.3 is 19.3 Å². The summed E-state index contributed by atoms with van der Waals surface area (Å²) in [6, 6.07) is 8.77. The van der Waals surface area contributed by atoms with Gasteiger partial charge in [0.25, 0.3) is 0 Å². The van der Waals surface area contributed by atoms with E-state index in [4.69, 9.17) is 32.2 Å². The third-order valence-corrected chi connectivity index (χ3v) is 6.58. The Labute approximate surface area is 210 Å². The van der Waals surface area contributed by atoms with E-state index in [2.05, 4.69) is 64.8 Å². The zero-order chi connectivity index (χ0) is 25.5. The van der Waals surface area contributed by atoms with E-state index in [-0.39, 0.29) is 25.2 Å². The second-order valence-electron chi connectivity index (χ2n) is 9.76. The quantitative estimate of drug-likeness (QED) is 0.231. The average Bonchev–Trinajstić information content (AvgIpc) is 2.77. The summed E-state index contributed by atoms with van der Waals surface area (Å²) in [6.45, 7) is 15.9. The van der Waals surface area contributed by atoms with Crippen molar-refractivity contribution >= 4 is 11.6 Å². The lowest BCUT2D eigenvalue weighted by Crippen LogP contribution is -2.24. The van der Waals surface area contributed by atoms with Crippen LogP contribution in [0.5, 0.6) is 11.5 Å². The molecule has 0 radical (unpaired) electrons. The summed E-state index contributed by atoms with van der Waals surface area (Å²) in [6.07, 6.45) is 4.43. The van der Waals surface area contributed by atoms with Gasteiger partial charge in [0.05, 0.1) is 13.2 Å². The lowest BCUT2D eigenvalue weighted by molar-refractivity contribution is 0.0226. The summed E-state index contributed by atoms with van der Waals surface area (Å²) in [7, 11) is 0. The molecular formula is C29H39ClO4. The molecule has 2 rings (SSSR count). The monoisotopic (exact) mass is 486 g/mol. The Hall–Kier alpha value is -2.19. The normalized spacial score (nSPS) is 13.3. The lowest BCUT2D eigenvalue weighted by Gasteiger charge is -2.29. The minimum absolute atomic E-state index is 0.149. The van der Waals surface area contributed by atoms with Crippen molar-refractivity contribution in [2.45, 2.75) is 60.0 Å². The molecule has 0 saturated carbocycles. The van der Waals surface area contributed by atoms with Gasteiger partial charge in [-0.1, -0.05) is 51.0 Å². The molecular weight excluding hydrogens is 448 g/mol. The zero-order valence-corrected chi connectivity index (χ0v) is 22.4. The number of rotatable bonds is 12. The molecule has 0 aliphatic carbocycles. The molecule has 0 aliphatic rings. The highest BCUT2D eigenvalue weighted by molar-refractivity contribution is 6.18. The van der Waals surface area contributed by atoms with E-state index in [0.29, 0.717) is 18.4 Å². The summed E-state index contributed by atoms with van der Waals surface area (Å²) < 4.78 is 17.2. The summed E-state index contributed by atoms with van der Waals surface area (Å²) in [4.78, 5) is 0. The van der Waals surface area contributed by atoms with E-state index in [0.717, 1.165) is 33.8 Å². The molecule has 0 fully saturated rings. The highest BCUT2D eigenvalue weighted by Crippen LogP contribution is 2.38. The van der Waals surface area contributed by atoms with Crippen LogP contribution in [0, 0.1) is 46.0 Å². The van der Waals surface area contributed by atoms with Crippen molar-refractivity contribution in [3.8, 4) is 23.8 Å². The van der Waals surface area contributed by atoms with E-state index in [1.807, 2.05) is 13.8 Å². The van der Waals surface area contributed by atoms with Crippen LogP contribution in [0.25, 0.3) is 0 Å². The van der Waals surface area contributed by atoms with Crippen LogP contribution in [0.4, 0.5) is 0 Å². The van der Waals surface area contributed by atoms with Crippen LogP contribution in [0.3, 0.4) is 0 Å². The molecule has 0 bridgehead atoms. The predicted octanol–water partition coefficient (Wildman–Crippen LogP) is 5.89. The van der Waals surface area contributed by atoms with E-state index in [1.54, 1.807) is 0 Å². The molecule has 0 unspecified atom stereocenters. The van der Waals surface area contributed by atoms with Crippen LogP contribution in [0.15, 0.2) is 24.3 Å². The number of halogens is 1. The highest BCUT2D eigenvalue weighted by Gasteiger charge is 2.26. The maximum Gasteiger partial charge on any atom is 0.125 e. The molecule has 4 nitrogen and oxygen atoms in total. The number of hydrogen-bond donors (Lipinski definition) is 1. The van der Waals surface area contributed by atoms with Crippen molar-refractivity contribution in [3.63, 3.8) is 0 Å². The van der Waals surface area contributed by atoms with Gasteiger partial charge in [0.2, 0.25) is 0 Å². The second kappa shape index (κ2) is 12.5. The van der Waals surface area contributed by atoms with Crippen LogP contribution in [0.2, 0.25) is 0 Å². The van der Waals surface area contributed by atoms with Crippen molar-refractivity contribution in [2.75, 3.05) is 32.3 Å². The number of hydrogen-bond acceptors (Lipinski definition) is 4. The standard InChI is InChI=1S/C29H39ClO4/c1-9-10-32-17-26(31)18-34-28-22(5)13-25(14-23(28)6)29(7,8)24-11-20(3)27(21(4)12-24)33-16-19(2)15-30/h1,11-14,19,26,31H,10,15-18H2,2-8H3/t19-,26-/m1/s1. The molecule has 0 amide bonds. The van der Waals surface area contributed by atoms with E-state index in [9.17, 15) is 5.11 Å². The number of aliphatic hydroxyl groups excluding tert-OH is 1. The first-order valence-electron chi connectivity index (χ1n) is 11.8. The van der Waals surface area contributed by atoms with Crippen LogP contribution in [-0.4, -0.2) is 43.5 Å². The number of aryl methyl sites for hydroxylation is 4. The first-order chi connectivity index (χ1) is 16.0. The molecule has 5 heteroatoms. The molecule has 0 saturated heterocycles. The van der Waals surface area contributed by atoms with Crippen molar-refractivity contribution in [1.82, 2.24) is 0 Å². The maximum atomic E-state index is 10.1. The molecule has 34 heavy (non-hydrogen) atoms. The van der Waals surface area contributed by atoms with Gasteiger partial charge in [-0.05, 0) is 61.1 Å². The molecule has 2 aromatic carbocycles. The molecule has 0 heterocycles. The number of terminal acetylenes is 1. The number of ether oxygens (including phenoxy) is 3. The minimum atomic E-state index is -0.734. The fraction of sp³-hybridized carbons (Fsp3) is 0.517. The SMILES string of the molecule is C#CCOC[C@@H](O)COc1c(C)cc(C(C)(C)c2cc(C)c(OC[C@H](C)CCl)c(C)c2)cc1C. The number of alkyl halides is 1. The maximum absolute atomic E-state index is 10.1. The van der Waals surface area contributed by atoms with Gasteiger partial charge in [0, 0.05) is 17.2 Å². The van der Waals surface area contributed by atoms with Gasteiger partial charge in [0.1, 0.15) is 30.8 Å². The largest absolute Gasteiger partial charge is 0.493 e. The Kier molecular flexibility index (Phi) is 10.3. The van der Waals surface area contributed by atoms with E-state index < -0.39 is 6.10 Å². The summed E-state index contributed by atoms with van der Waals surface area (Å²) in [5.41, 5.74) is 6.53. The Balaban J connectivity index is 2.24. The molecule has 2 aromatic rings. The van der Waals surface area contributed by atoms with Crippen molar-refractivity contribution in [1.29, 1.82) is 0 Å². The van der Waals surface area contributed by atoms with Crippen LogP contribution in [0.1, 0.15) is 54.2 Å². The molecule has 0 aromatic heterocycles. The van der Waals surface area contributed by atoms with Gasteiger partial charge in [-0.2, -0.15) is 0 Å². The van der Waals surface area contributed by atoms with Crippen molar-refractivity contribution in [2.24, 2.45) is 5.92 Å². The average molecular weight is 487 g/mol. The van der Waals surface area contributed by atoms with E-state index in [1.165, 1.54) is 11.1 Å². The van der Waals surface area contributed by atoms with E-state index >= 15 is 0 Å². The highest BCUT2D eigenvalue weighted by atomic mass is 35.5. The minimum Gasteiger partial charge on any atom is -0.493 e. The smallest absolute Gasteiger partial charge is 0.125 e. The number of benzene rings is 2. The lowest BCUT2D eigenvalue weighted by atomic mass is 9.76. The summed E-state index contributed by atoms with van der Waals surface area (Å²) in [5, 5.41) is 10.1. The molecule has 0 aliphatic heterocycles. The Bertz CT molecular complexity index is 960. The Morgan fingerprint density at radius 3 is 1.74 bits per heavy atom. The van der Waals surface area contributed by atoms with Gasteiger partial charge >= 0.3 is 0 Å². The molecule has 1 N–H and O–H groups in total. The third-order valence-electron chi connectivity index (χ3n) is 6.06. The van der Waals surface area contributed by atoms with Crippen LogP contribution in [-0.2, 0) is 10.2 Å². The van der Waals surface area contributed by atoms with Gasteiger partial charge in [-0.15, -0.1) is 18.0 Å². The van der Waals surface area contributed by atoms with Gasteiger partial charge in [-0.3, -0.25) is 0 Å². The van der Waals surface area contributed by atoms with Crippen molar-refractivity contribution < 1.29 is 19.3 Å². The Morgan fingerprint density at radius 1 is 0.882 bits per heavy atom. The summed E-state index contributed by atoms with van der Waals surface area (Å²) >= 11 is 5.93. The molecule has 2 atom stereocenters. The number of aliphatic hydroxyl groups is 1. The van der Waals surface area contributed by atoms with Gasteiger partial charge in [0.15, 0.2) is 0 Å². The second-order valence-corrected chi connectivity index (χ2v) is 10.1. The zero-order valence-electron chi connectivity index (χ0n) is 21.6. The van der Waals surface area contributed by atoms with Crippen LogP contribution >= 0.6 is 11.6 Å². The third kappa shape index (κ3) is 7.15. The van der Waals surface area contributed by atoms with Gasteiger partial charge in [-0.25, -0.2) is 0 Å². The Morgan fingerprint density at radius 2 is 1.32 bits per heavy atom. The van der Waals surface area contributed by atoms with Crippen molar-refractivity contribution in [3.05, 3.63) is 57.6 Å². The fourth-order valence-corrected chi connectivity index (χ4v) is 4.08. The van der Waals surface area contributed by atoms with Crippen LogP contribution < -0.4 is 9.47 Å². The fourth-order valence-electron chi connectivity index (χ4n) is 4.00. The summed E-state index contributed by atoms with van der Waals surface area (Å²) in [5.74, 6) is 5.01. The predicted molar refractivity (Wildman–Crippen MR) is 140 cm³/mol. The topological polar surface area (TPSA) is 47.9 Å².